The van der Waals surface area contributed by atoms with Crippen LogP contribution in [-0.2, 0) is 0 Å². The Hall–Kier alpha value is -0.200. The molecule has 0 spiro atoms. The molecular weight excluding hydrogens is 360 g/mol. The van der Waals surface area contributed by atoms with Crippen molar-refractivity contribution < 1.29 is 8.78 Å². The first kappa shape index (κ1) is 15.2. The van der Waals surface area contributed by atoms with Gasteiger partial charge in [-0.25, -0.2) is 4.98 Å². The number of aromatic nitrogens is 2. The molecule has 0 N–H and O–H groups in total. The van der Waals surface area contributed by atoms with E-state index in [1.165, 1.54) is 22.9 Å². The maximum absolute atomic E-state index is 12.5. The molecule has 0 radical (unpaired) electrons. The molecule has 0 aliphatic rings. The summed E-state index contributed by atoms with van der Waals surface area (Å²) in [6.07, 6.45) is 1.35. The number of hydrogen-bond acceptors (Lipinski definition) is 2. The van der Waals surface area contributed by atoms with Gasteiger partial charge in [-0.1, -0.05) is 46.4 Å². The van der Waals surface area contributed by atoms with E-state index in [9.17, 15) is 8.78 Å². The summed E-state index contributed by atoms with van der Waals surface area (Å²) in [4.78, 5) is 3.79. The monoisotopic (exact) mass is 362 g/mol. The Morgan fingerprint density at radius 3 is 2.21 bits per heavy atom. The van der Waals surface area contributed by atoms with E-state index >= 15 is 0 Å². The highest BCUT2D eigenvalue weighted by Gasteiger charge is 2.18. The number of imidazole rings is 1. The lowest BCUT2D eigenvalue weighted by Crippen LogP contribution is -1.99. The van der Waals surface area contributed by atoms with E-state index in [1.54, 1.807) is 0 Å². The molecule has 0 unspecified atom stereocenters. The summed E-state index contributed by atoms with van der Waals surface area (Å²) < 4.78 is 26.2. The minimum atomic E-state index is -2.64. The molecule has 2 aromatic rings. The summed E-state index contributed by atoms with van der Waals surface area (Å²) in [7, 11) is 0. The van der Waals surface area contributed by atoms with Crippen molar-refractivity contribution in [3.05, 3.63) is 38.6 Å². The van der Waals surface area contributed by atoms with Crippen molar-refractivity contribution >= 4 is 58.2 Å². The Labute approximate surface area is 131 Å². The fourth-order valence-electron chi connectivity index (χ4n) is 1.42. The molecule has 0 bridgehead atoms. The lowest BCUT2D eigenvalue weighted by molar-refractivity contribution is 0.251. The third-order valence-electron chi connectivity index (χ3n) is 2.06. The number of benzene rings is 1. The van der Waals surface area contributed by atoms with Crippen molar-refractivity contribution in [2.24, 2.45) is 0 Å². The largest absolute Gasteiger partial charge is 0.291 e. The summed E-state index contributed by atoms with van der Waals surface area (Å²) >= 11 is 23.8. The number of halogens is 6. The quantitative estimate of drug-likeness (QED) is 0.641. The number of alkyl halides is 2. The van der Waals surface area contributed by atoms with Crippen molar-refractivity contribution in [2.75, 3.05) is 0 Å². The average molecular weight is 364 g/mol. The van der Waals surface area contributed by atoms with Crippen LogP contribution in [-0.4, -0.2) is 15.3 Å². The second kappa shape index (κ2) is 6.06. The molecule has 9 heteroatoms. The Kier molecular flexibility index (Phi) is 4.84. The molecule has 0 fully saturated rings. The van der Waals surface area contributed by atoms with Gasteiger partial charge in [0, 0.05) is 11.2 Å². The van der Waals surface area contributed by atoms with Crippen molar-refractivity contribution in [1.29, 1.82) is 0 Å². The molecular formula is C10H4Cl4F2N2S. The molecule has 2 rings (SSSR count). The van der Waals surface area contributed by atoms with Crippen LogP contribution < -0.4 is 0 Å². The van der Waals surface area contributed by atoms with Crippen LogP contribution in [0.4, 0.5) is 8.78 Å². The molecule has 0 aliphatic carbocycles. The van der Waals surface area contributed by atoms with Crippen LogP contribution in [0.2, 0.25) is 20.2 Å². The Bertz CT molecular complexity index is 595. The molecule has 1 aromatic carbocycles. The minimum Gasteiger partial charge on any atom is -0.290 e. The zero-order chi connectivity index (χ0) is 14.2. The molecule has 102 valence electrons. The SMILES string of the molecule is FC(F)Sc1nc(Cl)cn1-c1c(Cl)cc(Cl)cc1Cl. The number of thioether (sulfide) groups is 1. The second-order valence-corrected chi connectivity index (χ2v) is 5.91. The van der Waals surface area contributed by atoms with Gasteiger partial charge < -0.3 is 0 Å². The van der Waals surface area contributed by atoms with E-state index in [4.69, 9.17) is 46.4 Å². The van der Waals surface area contributed by atoms with Gasteiger partial charge in [-0.05, 0) is 23.9 Å². The molecule has 2 nitrogen and oxygen atoms in total. The van der Waals surface area contributed by atoms with Gasteiger partial charge in [0.25, 0.3) is 5.76 Å². The maximum atomic E-state index is 12.5. The molecule has 1 heterocycles. The molecule has 0 amide bonds. The summed E-state index contributed by atoms with van der Waals surface area (Å²) in [5, 5.41) is 0.815. The van der Waals surface area contributed by atoms with Crippen molar-refractivity contribution in [2.45, 2.75) is 10.9 Å². The third-order valence-corrected chi connectivity index (χ3v) is 3.71. The number of nitrogens with zero attached hydrogens (tertiary/aromatic N) is 2. The second-order valence-electron chi connectivity index (χ2n) is 3.31. The average Bonchev–Trinajstić information content (AvgIpc) is 2.56. The summed E-state index contributed by atoms with van der Waals surface area (Å²) in [5.41, 5.74) is 0.301. The van der Waals surface area contributed by atoms with E-state index in [2.05, 4.69) is 4.98 Å². The van der Waals surface area contributed by atoms with Crippen LogP contribution in [0, 0.1) is 0 Å². The smallest absolute Gasteiger partial charge is 0.290 e. The highest BCUT2D eigenvalue weighted by molar-refractivity contribution is 7.99. The maximum Gasteiger partial charge on any atom is 0.291 e. The van der Waals surface area contributed by atoms with E-state index < -0.39 is 5.76 Å². The zero-order valence-electron chi connectivity index (χ0n) is 8.88. The van der Waals surface area contributed by atoms with Crippen LogP contribution in [0.1, 0.15) is 0 Å². The third kappa shape index (κ3) is 3.47. The normalized spacial score (nSPS) is 11.3. The molecule has 0 saturated carbocycles. The summed E-state index contributed by atoms with van der Waals surface area (Å²) in [6.45, 7) is 0. The van der Waals surface area contributed by atoms with E-state index in [1.807, 2.05) is 0 Å². The summed E-state index contributed by atoms with van der Waals surface area (Å²) in [6, 6.07) is 2.91. The van der Waals surface area contributed by atoms with Crippen LogP contribution in [0.3, 0.4) is 0 Å². The van der Waals surface area contributed by atoms with Crippen molar-refractivity contribution in [3.8, 4) is 5.69 Å². The fraction of sp³-hybridized carbons (Fsp3) is 0.100. The molecule has 0 aliphatic heterocycles. The summed E-state index contributed by atoms with van der Waals surface area (Å²) in [5.74, 6) is -2.64. The molecule has 1 aromatic heterocycles. The highest BCUT2D eigenvalue weighted by Crippen LogP contribution is 2.36. The van der Waals surface area contributed by atoms with Crippen LogP contribution in [0.15, 0.2) is 23.5 Å². The molecule has 0 atom stereocenters. The lowest BCUT2D eigenvalue weighted by Gasteiger charge is -2.11. The first-order chi connectivity index (χ1) is 8.88. The number of rotatable bonds is 3. The minimum absolute atomic E-state index is 0.00822. The Balaban J connectivity index is 2.59. The predicted molar refractivity (Wildman–Crippen MR) is 75.5 cm³/mol. The topological polar surface area (TPSA) is 17.8 Å². The highest BCUT2D eigenvalue weighted by atomic mass is 35.5. The lowest BCUT2D eigenvalue weighted by atomic mass is 10.3. The van der Waals surface area contributed by atoms with Gasteiger partial charge in [0.15, 0.2) is 5.16 Å². The van der Waals surface area contributed by atoms with Crippen molar-refractivity contribution in [3.63, 3.8) is 0 Å². The molecule has 19 heavy (non-hydrogen) atoms. The number of hydrogen-bond donors (Lipinski definition) is 0. The van der Waals surface area contributed by atoms with Gasteiger partial charge in [0.05, 0.1) is 15.7 Å². The van der Waals surface area contributed by atoms with E-state index in [-0.39, 0.29) is 32.1 Å². The van der Waals surface area contributed by atoms with Gasteiger partial charge in [-0.15, -0.1) is 0 Å². The van der Waals surface area contributed by atoms with Gasteiger partial charge >= 0.3 is 0 Å². The van der Waals surface area contributed by atoms with Gasteiger partial charge in [0.1, 0.15) is 5.15 Å². The van der Waals surface area contributed by atoms with Crippen LogP contribution in [0.25, 0.3) is 5.69 Å². The first-order valence-electron chi connectivity index (χ1n) is 4.73. The zero-order valence-corrected chi connectivity index (χ0v) is 12.7. The van der Waals surface area contributed by atoms with Gasteiger partial charge in [-0.2, -0.15) is 8.78 Å². The standard InChI is InChI=1S/C10H4Cl4F2N2S/c11-4-1-5(12)8(6(13)2-4)18-3-7(14)17-10(18)19-9(15)16/h1-3,9H. The first-order valence-corrected chi connectivity index (χ1v) is 7.12. The van der Waals surface area contributed by atoms with Gasteiger partial charge in [0.2, 0.25) is 0 Å². The van der Waals surface area contributed by atoms with Gasteiger partial charge in [-0.3, -0.25) is 4.57 Å². The van der Waals surface area contributed by atoms with Crippen molar-refractivity contribution in [1.82, 2.24) is 9.55 Å². The predicted octanol–water partition coefficient (Wildman–Crippen LogP) is 5.80. The Morgan fingerprint density at radius 1 is 1.11 bits per heavy atom. The van der Waals surface area contributed by atoms with Crippen LogP contribution in [0.5, 0.6) is 0 Å². The van der Waals surface area contributed by atoms with E-state index in [0.29, 0.717) is 10.7 Å². The van der Waals surface area contributed by atoms with E-state index in [0.717, 1.165) is 0 Å². The fourth-order valence-corrected chi connectivity index (χ4v) is 3.22. The Morgan fingerprint density at radius 2 is 1.68 bits per heavy atom. The molecule has 0 saturated heterocycles. The van der Waals surface area contributed by atoms with Crippen LogP contribution >= 0.6 is 58.2 Å².